The Labute approximate surface area is 218 Å². The van der Waals surface area contributed by atoms with Gasteiger partial charge in [0, 0.05) is 11.4 Å². The first-order chi connectivity index (χ1) is 17.4. The Morgan fingerprint density at radius 2 is 1.70 bits per heavy atom. The number of carbonyl (C=O) groups excluding carboxylic acids is 3. The van der Waals surface area contributed by atoms with Gasteiger partial charge in [-0.1, -0.05) is 18.2 Å². The van der Waals surface area contributed by atoms with Crippen LogP contribution in [0.25, 0.3) is 0 Å². The summed E-state index contributed by atoms with van der Waals surface area (Å²) in [5.41, 5.74) is 4.76. The van der Waals surface area contributed by atoms with Crippen LogP contribution in [-0.2, 0) is 30.0 Å². The zero-order valence-electron chi connectivity index (χ0n) is 21.2. The van der Waals surface area contributed by atoms with E-state index in [1.165, 1.54) is 32.0 Å². The van der Waals surface area contributed by atoms with Crippen molar-refractivity contribution in [3.8, 4) is 0 Å². The molecule has 0 fully saturated rings. The number of allylic oxidation sites excluding steroid dienone is 2. The van der Waals surface area contributed by atoms with E-state index in [0.717, 1.165) is 6.07 Å². The lowest BCUT2D eigenvalue weighted by Crippen LogP contribution is -2.42. The molecule has 0 bridgehead atoms. The highest BCUT2D eigenvalue weighted by molar-refractivity contribution is 7.98. The van der Waals surface area contributed by atoms with E-state index in [1.807, 2.05) is 6.26 Å². The van der Waals surface area contributed by atoms with E-state index in [9.17, 15) is 27.6 Å². The molecule has 2 rings (SSSR count). The summed E-state index contributed by atoms with van der Waals surface area (Å²) in [5.74, 6) is -2.86. The van der Waals surface area contributed by atoms with Gasteiger partial charge in [0.25, 0.3) is 0 Å². The minimum atomic E-state index is -4.74. The lowest BCUT2D eigenvalue weighted by Gasteiger charge is -2.31. The topological polar surface area (TPSA) is 120 Å². The van der Waals surface area contributed by atoms with Gasteiger partial charge in [-0.3, -0.25) is 4.79 Å². The molecule has 12 heteroatoms. The summed E-state index contributed by atoms with van der Waals surface area (Å²) >= 11 is 1.55. The fraction of sp³-hybridized carbons (Fsp3) is 0.480. The van der Waals surface area contributed by atoms with Crippen LogP contribution in [0.4, 0.5) is 13.2 Å². The molecule has 1 aliphatic rings. The van der Waals surface area contributed by atoms with Crippen molar-refractivity contribution in [1.82, 2.24) is 10.6 Å². The van der Waals surface area contributed by atoms with Crippen molar-refractivity contribution in [3.63, 3.8) is 0 Å². The lowest BCUT2D eigenvalue weighted by atomic mass is 9.78. The van der Waals surface area contributed by atoms with Gasteiger partial charge in [0.15, 0.2) is 0 Å². The first-order valence-corrected chi connectivity index (χ1v) is 13.0. The number of esters is 2. The van der Waals surface area contributed by atoms with Gasteiger partial charge in [0.05, 0.1) is 41.8 Å². The van der Waals surface area contributed by atoms with E-state index in [0.29, 0.717) is 12.2 Å². The maximum absolute atomic E-state index is 13.9. The van der Waals surface area contributed by atoms with Crippen LogP contribution >= 0.6 is 11.8 Å². The van der Waals surface area contributed by atoms with Crippen LogP contribution in [0.2, 0.25) is 0 Å². The number of hydrogen-bond acceptors (Lipinski definition) is 8. The molecule has 0 aliphatic carbocycles. The van der Waals surface area contributed by atoms with Gasteiger partial charge in [-0.15, -0.1) is 0 Å². The smallest absolute Gasteiger partial charge is 0.416 e. The molecule has 4 N–H and O–H groups in total. The SMILES string of the molecule is CCOC(=O)C1=C(C)NC(C)=C(C(=O)OCCNC(=O)[C@@H](N)CCSC)C1c1ccccc1C(F)(F)F. The number of alkyl halides is 3. The molecule has 0 saturated carbocycles. The number of dihydropyridines is 1. The van der Waals surface area contributed by atoms with Crippen molar-refractivity contribution < 1.29 is 37.0 Å². The Bertz CT molecular complexity index is 1070. The highest BCUT2D eigenvalue weighted by atomic mass is 32.2. The summed E-state index contributed by atoms with van der Waals surface area (Å²) in [4.78, 5) is 38.1. The molecular formula is C25H32F3N3O5S. The third kappa shape index (κ3) is 7.75. The highest BCUT2D eigenvalue weighted by Gasteiger charge is 2.43. The number of benzene rings is 1. The number of amides is 1. The monoisotopic (exact) mass is 543 g/mol. The standard InChI is InChI=1S/C25H32F3N3O5S/c1-5-35-23(33)19-14(2)31-15(3)20(21(19)16-8-6-7-9-17(16)25(26,27)28)24(34)36-12-11-30-22(32)18(29)10-13-37-4/h6-9,18,21,31H,5,10-13,29H2,1-4H3,(H,30,32)/t18-,21?/m0/s1. The van der Waals surface area contributed by atoms with Crippen LogP contribution < -0.4 is 16.4 Å². The summed E-state index contributed by atoms with van der Waals surface area (Å²) in [6.45, 7) is 4.31. The number of rotatable bonds is 11. The number of ether oxygens (including phenoxy) is 2. The number of nitrogens with two attached hydrogens (primary N) is 1. The molecule has 1 aromatic carbocycles. The predicted octanol–water partition coefficient (Wildman–Crippen LogP) is 3.24. The molecule has 0 saturated heterocycles. The maximum atomic E-state index is 13.9. The number of thioether (sulfide) groups is 1. The van der Waals surface area contributed by atoms with Crippen molar-refractivity contribution in [2.75, 3.05) is 31.8 Å². The number of halogens is 3. The number of hydrogen-bond donors (Lipinski definition) is 3. The Morgan fingerprint density at radius 3 is 2.27 bits per heavy atom. The minimum Gasteiger partial charge on any atom is -0.463 e. The van der Waals surface area contributed by atoms with Gasteiger partial charge in [-0.2, -0.15) is 24.9 Å². The maximum Gasteiger partial charge on any atom is 0.416 e. The molecule has 8 nitrogen and oxygen atoms in total. The van der Waals surface area contributed by atoms with Crippen LogP contribution in [0.1, 0.15) is 44.2 Å². The average Bonchev–Trinajstić information content (AvgIpc) is 2.83. The van der Waals surface area contributed by atoms with Gasteiger partial charge in [0.2, 0.25) is 5.91 Å². The molecule has 204 valence electrons. The van der Waals surface area contributed by atoms with E-state index in [1.54, 1.807) is 18.7 Å². The zero-order valence-corrected chi connectivity index (χ0v) is 22.0. The van der Waals surface area contributed by atoms with Crippen molar-refractivity contribution in [1.29, 1.82) is 0 Å². The Morgan fingerprint density at radius 1 is 1.11 bits per heavy atom. The third-order valence-electron chi connectivity index (χ3n) is 5.66. The summed E-state index contributed by atoms with van der Waals surface area (Å²) < 4.78 is 52.2. The summed E-state index contributed by atoms with van der Waals surface area (Å²) in [6, 6.07) is 4.04. The lowest BCUT2D eigenvalue weighted by molar-refractivity contribution is -0.142. The van der Waals surface area contributed by atoms with Gasteiger partial charge in [-0.25, -0.2) is 9.59 Å². The molecule has 0 aromatic heterocycles. The van der Waals surface area contributed by atoms with E-state index >= 15 is 0 Å². The Kier molecular flexibility index (Phi) is 11.1. The normalized spacial score (nSPS) is 16.7. The molecule has 1 aromatic rings. The van der Waals surface area contributed by atoms with Crippen molar-refractivity contribution >= 4 is 29.6 Å². The van der Waals surface area contributed by atoms with Crippen LogP contribution in [0.3, 0.4) is 0 Å². The molecule has 0 spiro atoms. The largest absolute Gasteiger partial charge is 0.463 e. The molecule has 1 amide bonds. The summed E-state index contributed by atoms with van der Waals surface area (Å²) in [5, 5.41) is 5.46. The molecule has 2 atom stereocenters. The van der Waals surface area contributed by atoms with Gasteiger partial charge in [0.1, 0.15) is 6.61 Å². The van der Waals surface area contributed by atoms with Crippen molar-refractivity contribution in [2.24, 2.45) is 5.73 Å². The first-order valence-electron chi connectivity index (χ1n) is 11.6. The van der Waals surface area contributed by atoms with E-state index in [4.69, 9.17) is 15.2 Å². The molecule has 1 aliphatic heterocycles. The van der Waals surface area contributed by atoms with Gasteiger partial charge >= 0.3 is 18.1 Å². The molecule has 0 radical (unpaired) electrons. The second kappa shape index (κ2) is 13.5. The van der Waals surface area contributed by atoms with Crippen molar-refractivity contribution in [2.45, 2.75) is 45.3 Å². The predicted molar refractivity (Wildman–Crippen MR) is 134 cm³/mol. The first kappa shape index (κ1) is 30.2. The molecule has 37 heavy (non-hydrogen) atoms. The molecular weight excluding hydrogens is 511 g/mol. The van der Waals surface area contributed by atoms with E-state index in [-0.39, 0.29) is 47.9 Å². The Hall–Kier alpha value is -2.99. The summed E-state index contributed by atoms with van der Waals surface area (Å²) in [7, 11) is 0. The Balaban J connectivity index is 2.36. The summed E-state index contributed by atoms with van der Waals surface area (Å²) in [6.07, 6.45) is -2.37. The third-order valence-corrected chi connectivity index (χ3v) is 6.30. The fourth-order valence-corrected chi connectivity index (χ4v) is 4.45. The van der Waals surface area contributed by atoms with Crippen molar-refractivity contribution in [3.05, 3.63) is 57.9 Å². The van der Waals surface area contributed by atoms with Gasteiger partial charge < -0.3 is 25.8 Å². The van der Waals surface area contributed by atoms with E-state index in [2.05, 4.69) is 10.6 Å². The second-order valence-corrected chi connectivity index (χ2v) is 9.24. The van der Waals surface area contributed by atoms with Crippen LogP contribution in [0.15, 0.2) is 46.8 Å². The van der Waals surface area contributed by atoms with Crippen LogP contribution in [0, 0.1) is 0 Å². The average molecular weight is 544 g/mol. The van der Waals surface area contributed by atoms with Gasteiger partial charge in [-0.05, 0) is 50.8 Å². The molecule has 1 unspecified atom stereocenters. The van der Waals surface area contributed by atoms with E-state index < -0.39 is 41.5 Å². The zero-order chi connectivity index (χ0) is 27.8. The minimum absolute atomic E-state index is 0.00942. The quantitative estimate of drug-likeness (QED) is 0.288. The second-order valence-electron chi connectivity index (χ2n) is 8.26. The van der Waals surface area contributed by atoms with Crippen LogP contribution in [0.5, 0.6) is 0 Å². The van der Waals surface area contributed by atoms with Crippen LogP contribution in [-0.4, -0.2) is 55.7 Å². The number of carbonyl (C=O) groups is 3. The molecule has 1 heterocycles. The highest BCUT2D eigenvalue weighted by Crippen LogP contribution is 2.44. The number of nitrogens with one attached hydrogen (secondary N) is 2. The fourth-order valence-electron chi connectivity index (χ4n) is 3.96.